The summed E-state index contributed by atoms with van der Waals surface area (Å²) < 4.78 is 8.78. The van der Waals surface area contributed by atoms with Gasteiger partial charge in [0.25, 0.3) is 6.10 Å². The zero-order chi connectivity index (χ0) is 9.56. The van der Waals surface area contributed by atoms with Gasteiger partial charge in [0, 0.05) is 6.92 Å². The molecule has 0 radical (unpaired) electrons. The van der Waals surface area contributed by atoms with Gasteiger partial charge >= 0.3 is 11.9 Å². The van der Waals surface area contributed by atoms with Gasteiger partial charge in [-0.1, -0.05) is 0 Å². The van der Waals surface area contributed by atoms with Crippen LogP contribution in [0.5, 0.6) is 0 Å². The highest BCUT2D eigenvalue weighted by atomic mass is 16.6. The number of esters is 2. The molecule has 0 fully saturated rings. The molecule has 0 spiro atoms. The van der Waals surface area contributed by atoms with E-state index in [1.807, 2.05) is 0 Å². The van der Waals surface area contributed by atoms with E-state index < -0.39 is 18.0 Å². The highest BCUT2D eigenvalue weighted by molar-refractivity contribution is 5.92. The van der Waals surface area contributed by atoms with Gasteiger partial charge in [-0.25, -0.2) is 4.79 Å². The maximum atomic E-state index is 10.8. The highest BCUT2D eigenvalue weighted by Crippen LogP contribution is 1.93. The molecule has 0 aliphatic rings. The summed E-state index contributed by atoms with van der Waals surface area (Å²) in [4.78, 5) is 31.3. The van der Waals surface area contributed by atoms with Crippen molar-refractivity contribution in [2.45, 2.75) is 20.0 Å². The van der Waals surface area contributed by atoms with Crippen LogP contribution in [-0.2, 0) is 23.9 Å². The Balaban J connectivity index is 4.05. The smallest absolute Gasteiger partial charge is 0.355 e. The summed E-state index contributed by atoms with van der Waals surface area (Å²) in [6, 6.07) is 0. The Morgan fingerprint density at radius 1 is 1.50 bits per heavy atom. The SMILES string of the molecule is CCOC(=O)C(C=O)OC(C)=O. The molecule has 0 heterocycles. The normalized spacial score (nSPS) is 11.5. The van der Waals surface area contributed by atoms with Gasteiger partial charge in [0.15, 0.2) is 6.29 Å². The van der Waals surface area contributed by atoms with Gasteiger partial charge < -0.3 is 9.47 Å². The summed E-state index contributed by atoms with van der Waals surface area (Å²) in [5.41, 5.74) is 0. The molecule has 0 aliphatic heterocycles. The predicted octanol–water partition coefficient (Wildman–Crippen LogP) is -0.320. The van der Waals surface area contributed by atoms with E-state index in [2.05, 4.69) is 9.47 Å². The van der Waals surface area contributed by atoms with Gasteiger partial charge in [0.05, 0.1) is 6.61 Å². The zero-order valence-electron chi connectivity index (χ0n) is 6.90. The molecule has 12 heavy (non-hydrogen) atoms. The van der Waals surface area contributed by atoms with Gasteiger partial charge in [-0.3, -0.25) is 9.59 Å². The van der Waals surface area contributed by atoms with E-state index in [4.69, 9.17) is 0 Å². The van der Waals surface area contributed by atoms with E-state index in [0.29, 0.717) is 0 Å². The van der Waals surface area contributed by atoms with Crippen molar-refractivity contribution in [2.75, 3.05) is 6.61 Å². The van der Waals surface area contributed by atoms with Crippen LogP contribution in [0.25, 0.3) is 0 Å². The molecule has 0 saturated carbocycles. The monoisotopic (exact) mass is 174 g/mol. The second kappa shape index (κ2) is 5.29. The third kappa shape index (κ3) is 3.70. The van der Waals surface area contributed by atoms with Gasteiger partial charge in [-0.2, -0.15) is 0 Å². The fourth-order valence-electron chi connectivity index (χ4n) is 0.535. The van der Waals surface area contributed by atoms with Crippen molar-refractivity contribution >= 4 is 18.2 Å². The van der Waals surface area contributed by atoms with Crippen molar-refractivity contribution in [3.8, 4) is 0 Å². The van der Waals surface area contributed by atoms with Crippen LogP contribution in [0.3, 0.4) is 0 Å². The first-order chi connectivity index (χ1) is 5.61. The van der Waals surface area contributed by atoms with Crippen LogP contribution < -0.4 is 0 Å². The van der Waals surface area contributed by atoms with Crippen molar-refractivity contribution in [1.29, 1.82) is 0 Å². The average Bonchev–Trinajstić information content (AvgIpc) is 2.00. The van der Waals surface area contributed by atoms with Crippen LogP contribution in [-0.4, -0.2) is 30.9 Å². The third-order valence-corrected chi connectivity index (χ3v) is 0.935. The van der Waals surface area contributed by atoms with Gasteiger partial charge in [-0.05, 0) is 6.92 Å². The minimum absolute atomic E-state index is 0.143. The molecular weight excluding hydrogens is 164 g/mol. The van der Waals surface area contributed by atoms with Crippen molar-refractivity contribution in [3.05, 3.63) is 0 Å². The molecule has 0 aliphatic carbocycles. The molecule has 0 amide bonds. The second-order valence-corrected chi connectivity index (χ2v) is 1.92. The molecule has 68 valence electrons. The summed E-state index contributed by atoms with van der Waals surface area (Å²) in [5, 5.41) is 0. The van der Waals surface area contributed by atoms with Crippen LogP contribution >= 0.6 is 0 Å². The Bertz CT molecular complexity index is 186. The Morgan fingerprint density at radius 3 is 2.42 bits per heavy atom. The van der Waals surface area contributed by atoms with Crippen LogP contribution in [0.15, 0.2) is 0 Å². The molecule has 5 nitrogen and oxygen atoms in total. The van der Waals surface area contributed by atoms with Crippen molar-refractivity contribution in [3.63, 3.8) is 0 Å². The molecule has 1 unspecified atom stereocenters. The number of ether oxygens (including phenoxy) is 2. The van der Waals surface area contributed by atoms with Crippen molar-refractivity contribution in [1.82, 2.24) is 0 Å². The van der Waals surface area contributed by atoms with E-state index in [-0.39, 0.29) is 12.9 Å². The minimum Gasteiger partial charge on any atom is -0.463 e. The predicted molar refractivity (Wildman–Crippen MR) is 38.3 cm³/mol. The van der Waals surface area contributed by atoms with E-state index in [9.17, 15) is 14.4 Å². The molecule has 0 saturated heterocycles. The first-order valence-electron chi connectivity index (χ1n) is 3.41. The van der Waals surface area contributed by atoms with E-state index in [1.54, 1.807) is 6.92 Å². The zero-order valence-corrected chi connectivity index (χ0v) is 6.90. The average molecular weight is 174 g/mol. The summed E-state index contributed by atoms with van der Waals surface area (Å²) in [6.45, 7) is 2.84. The van der Waals surface area contributed by atoms with Gasteiger partial charge in [0.1, 0.15) is 0 Å². The van der Waals surface area contributed by atoms with Gasteiger partial charge in [0.2, 0.25) is 0 Å². The fraction of sp³-hybridized carbons (Fsp3) is 0.571. The molecule has 0 aromatic heterocycles. The molecule has 5 heteroatoms. The van der Waals surface area contributed by atoms with E-state index in [1.165, 1.54) is 0 Å². The van der Waals surface area contributed by atoms with Crippen LogP contribution in [0.1, 0.15) is 13.8 Å². The quantitative estimate of drug-likeness (QED) is 0.332. The number of hydrogen-bond acceptors (Lipinski definition) is 5. The number of carbonyl (C=O) groups is 3. The Kier molecular flexibility index (Phi) is 4.67. The number of hydrogen-bond donors (Lipinski definition) is 0. The molecule has 1 atom stereocenters. The van der Waals surface area contributed by atoms with Crippen LogP contribution in [0, 0.1) is 0 Å². The third-order valence-electron chi connectivity index (χ3n) is 0.935. The lowest BCUT2D eigenvalue weighted by atomic mass is 10.4. The summed E-state index contributed by atoms with van der Waals surface area (Å²) in [7, 11) is 0. The lowest BCUT2D eigenvalue weighted by Crippen LogP contribution is -2.29. The molecule has 0 aromatic rings. The Labute approximate surface area is 69.6 Å². The second-order valence-electron chi connectivity index (χ2n) is 1.92. The van der Waals surface area contributed by atoms with E-state index in [0.717, 1.165) is 6.92 Å². The Hall–Kier alpha value is -1.39. The number of rotatable bonds is 4. The topological polar surface area (TPSA) is 69.7 Å². The lowest BCUT2D eigenvalue weighted by molar-refractivity contribution is -0.167. The van der Waals surface area contributed by atoms with E-state index >= 15 is 0 Å². The lowest BCUT2D eigenvalue weighted by Gasteiger charge is -2.08. The van der Waals surface area contributed by atoms with Crippen LogP contribution in [0.4, 0.5) is 0 Å². The summed E-state index contributed by atoms with van der Waals surface area (Å²) in [5.74, 6) is -1.54. The molecule has 0 N–H and O–H groups in total. The van der Waals surface area contributed by atoms with Gasteiger partial charge in [-0.15, -0.1) is 0 Å². The van der Waals surface area contributed by atoms with Crippen molar-refractivity contribution in [2.24, 2.45) is 0 Å². The first kappa shape index (κ1) is 10.6. The number of carbonyl (C=O) groups excluding carboxylic acids is 3. The Morgan fingerprint density at radius 2 is 2.08 bits per heavy atom. The first-order valence-corrected chi connectivity index (χ1v) is 3.41. The van der Waals surface area contributed by atoms with Crippen LogP contribution in [0.2, 0.25) is 0 Å². The number of aldehydes is 1. The molecular formula is C7H10O5. The minimum atomic E-state index is -1.43. The maximum absolute atomic E-state index is 10.8. The summed E-state index contributed by atoms with van der Waals surface area (Å²) in [6.07, 6.45) is -1.21. The maximum Gasteiger partial charge on any atom is 0.355 e. The molecule has 0 aromatic carbocycles. The fourth-order valence-corrected chi connectivity index (χ4v) is 0.535. The van der Waals surface area contributed by atoms with Crippen molar-refractivity contribution < 1.29 is 23.9 Å². The molecule has 0 rings (SSSR count). The highest BCUT2D eigenvalue weighted by Gasteiger charge is 2.21. The summed E-state index contributed by atoms with van der Waals surface area (Å²) >= 11 is 0. The molecule has 0 bridgehead atoms. The largest absolute Gasteiger partial charge is 0.463 e. The standard InChI is InChI=1S/C7H10O5/c1-3-11-7(10)6(4-8)12-5(2)9/h4,6H,3H2,1-2H3.